The SMILES string of the molecule is Cc1cccc(C(CNC(=O)N2CCC(c3nncn3C)CC2)N2CCOCC2)c1. The number of carbonyl (C=O) groups is 1. The molecule has 1 unspecified atom stereocenters. The number of likely N-dealkylation sites (tertiary alicyclic amines) is 1. The fraction of sp³-hybridized carbons (Fsp3) is 0.591. The largest absolute Gasteiger partial charge is 0.379 e. The Kier molecular flexibility index (Phi) is 6.64. The molecular formula is C22H32N6O2. The van der Waals surface area contributed by atoms with E-state index in [1.54, 1.807) is 6.33 Å². The summed E-state index contributed by atoms with van der Waals surface area (Å²) in [5.74, 6) is 1.39. The number of aryl methyl sites for hydroxylation is 2. The number of nitrogens with zero attached hydrogens (tertiary/aromatic N) is 5. The molecule has 2 aromatic rings. The summed E-state index contributed by atoms with van der Waals surface area (Å²) in [4.78, 5) is 17.2. The van der Waals surface area contributed by atoms with Crippen LogP contribution >= 0.6 is 0 Å². The highest BCUT2D eigenvalue weighted by molar-refractivity contribution is 5.74. The zero-order valence-corrected chi connectivity index (χ0v) is 18.0. The predicted octanol–water partition coefficient (Wildman–Crippen LogP) is 2.09. The van der Waals surface area contributed by atoms with Crippen LogP contribution in [0.1, 0.15) is 41.8 Å². The first kappa shape index (κ1) is 20.8. The monoisotopic (exact) mass is 412 g/mol. The Morgan fingerprint density at radius 1 is 1.23 bits per heavy atom. The number of ether oxygens (including phenoxy) is 1. The molecule has 2 aliphatic heterocycles. The molecule has 0 bridgehead atoms. The Hall–Kier alpha value is -2.45. The molecule has 4 rings (SSSR count). The number of aromatic nitrogens is 3. The summed E-state index contributed by atoms with van der Waals surface area (Å²) in [6, 6.07) is 8.77. The second kappa shape index (κ2) is 9.57. The van der Waals surface area contributed by atoms with E-state index in [9.17, 15) is 4.79 Å². The lowest BCUT2D eigenvalue weighted by molar-refractivity contribution is 0.0164. The number of urea groups is 1. The van der Waals surface area contributed by atoms with Crippen LogP contribution in [0.15, 0.2) is 30.6 Å². The summed E-state index contributed by atoms with van der Waals surface area (Å²) in [5.41, 5.74) is 2.49. The van der Waals surface area contributed by atoms with Gasteiger partial charge in [0.25, 0.3) is 0 Å². The molecule has 1 aromatic carbocycles. The number of nitrogens with one attached hydrogen (secondary N) is 1. The van der Waals surface area contributed by atoms with Gasteiger partial charge in [-0.05, 0) is 25.3 Å². The van der Waals surface area contributed by atoms with Gasteiger partial charge in [0.2, 0.25) is 0 Å². The van der Waals surface area contributed by atoms with E-state index in [1.807, 2.05) is 16.5 Å². The topological polar surface area (TPSA) is 75.5 Å². The zero-order valence-electron chi connectivity index (χ0n) is 18.0. The van der Waals surface area contributed by atoms with E-state index in [-0.39, 0.29) is 12.1 Å². The Morgan fingerprint density at radius 3 is 2.67 bits per heavy atom. The maximum atomic E-state index is 12.9. The van der Waals surface area contributed by atoms with Crippen molar-refractivity contribution < 1.29 is 9.53 Å². The van der Waals surface area contributed by atoms with Crippen LogP contribution in [0.25, 0.3) is 0 Å². The molecule has 0 radical (unpaired) electrons. The van der Waals surface area contributed by atoms with Crippen LogP contribution in [0.4, 0.5) is 4.79 Å². The van der Waals surface area contributed by atoms with E-state index in [1.165, 1.54) is 11.1 Å². The van der Waals surface area contributed by atoms with E-state index < -0.39 is 0 Å². The molecule has 30 heavy (non-hydrogen) atoms. The van der Waals surface area contributed by atoms with Gasteiger partial charge in [0.05, 0.1) is 19.3 Å². The van der Waals surface area contributed by atoms with Gasteiger partial charge in [-0.25, -0.2) is 4.79 Å². The fourth-order valence-electron chi connectivity index (χ4n) is 4.52. The van der Waals surface area contributed by atoms with Gasteiger partial charge in [-0.2, -0.15) is 0 Å². The summed E-state index contributed by atoms with van der Waals surface area (Å²) in [6.45, 7) is 7.46. The van der Waals surface area contributed by atoms with E-state index in [0.29, 0.717) is 12.5 Å². The highest BCUT2D eigenvalue weighted by Gasteiger charge is 2.28. The first-order valence-corrected chi connectivity index (χ1v) is 10.9. The van der Waals surface area contributed by atoms with E-state index in [4.69, 9.17) is 4.74 Å². The second-order valence-corrected chi connectivity index (χ2v) is 8.33. The van der Waals surface area contributed by atoms with Gasteiger partial charge in [0.15, 0.2) is 0 Å². The number of carbonyl (C=O) groups excluding carboxylic acids is 1. The molecule has 0 aliphatic carbocycles. The van der Waals surface area contributed by atoms with Gasteiger partial charge in [-0.3, -0.25) is 4.90 Å². The van der Waals surface area contributed by atoms with Crippen molar-refractivity contribution in [3.63, 3.8) is 0 Å². The lowest BCUT2D eigenvalue weighted by atomic mass is 9.96. The molecule has 0 spiro atoms. The Bertz CT molecular complexity index is 840. The number of amides is 2. The molecule has 8 nitrogen and oxygen atoms in total. The van der Waals surface area contributed by atoms with Crippen LogP contribution in [0.3, 0.4) is 0 Å². The lowest BCUT2D eigenvalue weighted by Crippen LogP contribution is -2.48. The third kappa shape index (κ3) is 4.82. The molecule has 3 heterocycles. The van der Waals surface area contributed by atoms with E-state index >= 15 is 0 Å². The van der Waals surface area contributed by atoms with Gasteiger partial charge in [-0.1, -0.05) is 29.8 Å². The van der Waals surface area contributed by atoms with E-state index in [2.05, 4.69) is 51.6 Å². The van der Waals surface area contributed by atoms with Crippen LogP contribution in [0, 0.1) is 6.92 Å². The smallest absolute Gasteiger partial charge is 0.317 e. The van der Waals surface area contributed by atoms with Crippen molar-refractivity contribution in [3.05, 3.63) is 47.5 Å². The summed E-state index contributed by atoms with van der Waals surface area (Å²) in [6.07, 6.45) is 3.58. The van der Waals surface area contributed by atoms with Crippen molar-refractivity contribution in [2.75, 3.05) is 45.9 Å². The van der Waals surface area contributed by atoms with Crippen molar-refractivity contribution in [1.82, 2.24) is 29.9 Å². The first-order chi connectivity index (χ1) is 14.6. The quantitative estimate of drug-likeness (QED) is 0.814. The predicted molar refractivity (Wildman–Crippen MR) is 114 cm³/mol. The maximum Gasteiger partial charge on any atom is 0.317 e. The third-order valence-electron chi connectivity index (χ3n) is 6.25. The Labute approximate surface area is 178 Å². The van der Waals surface area contributed by atoms with Crippen molar-refractivity contribution in [1.29, 1.82) is 0 Å². The van der Waals surface area contributed by atoms with E-state index in [0.717, 1.165) is 58.1 Å². The third-order valence-corrected chi connectivity index (χ3v) is 6.25. The van der Waals surface area contributed by atoms with Crippen LogP contribution in [-0.2, 0) is 11.8 Å². The molecule has 2 aliphatic rings. The number of hydrogen-bond acceptors (Lipinski definition) is 5. The molecule has 2 amide bonds. The zero-order chi connectivity index (χ0) is 20.9. The molecule has 2 fully saturated rings. The van der Waals surface area contributed by atoms with Crippen molar-refractivity contribution in [3.8, 4) is 0 Å². The molecular weight excluding hydrogens is 380 g/mol. The van der Waals surface area contributed by atoms with Crippen LogP contribution in [0.2, 0.25) is 0 Å². The van der Waals surface area contributed by atoms with Crippen LogP contribution in [0.5, 0.6) is 0 Å². The average molecular weight is 413 g/mol. The number of piperidine rings is 1. The standard InChI is InChI=1S/C22H32N6O2/c1-17-4-3-5-19(14-17)20(27-10-12-30-13-11-27)15-23-22(29)28-8-6-18(7-9-28)21-25-24-16-26(21)2/h3-5,14,16,18,20H,6-13,15H2,1-2H3,(H,23,29). The van der Waals surface area contributed by atoms with Gasteiger partial charge >= 0.3 is 6.03 Å². The summed E-state index contributed by atoms with van der Waals surface area (Å²) in [7, 11) is 1.98. The fourth-order valence-corrected chi connectivity index (χ4v) is 4.52. The van der Waals surface area contributed by atoms with Crippen LogP contribution < -0.4 is 5.32 Å². The van der Waals surface area contributed by atoms with Gasteiger partial charge in [0.1, 0.15) is 12.2 Å². The normalized spacial score (nSPS) is 19.6. The molecule has 8 heteroatoms. The van der Waals surface area contributed by atoms with Gasteiger partial charge in [0, 0.05) is 45.7 Å². The number of rotatable bonds is 5. The Balaban J connectivity index is 1.35. The van der Waals surface area contributed by atoms with Gasteiger partial charge in [-0.15, -0.1) is 10.2 Å². The molecule has 1 aromatic heterocycles. The van der Waals surface area contributed by atoms with Crippen molar-refractivity contribution in [2.45, 2.75) is 31.7 Å². The minimum absolute atomic E-state index is 0.0253. The molecule has 0 saturated carbocycles. The number of morpholine rings is 1. The summed E-state index contributed by atoms with van der Waals surface area (Å²) < 4.78 is 7.51. The van der Waals surface area contributed by atoms with Crippen molar-refractivity contribution >= 4 is 6.03 Å². The number of benzene rings is 1. The summed E-state index contributed by atoms with van der Waals surface area (Å²) >= 11 is 0. The van der Waals surface area contributed by atoms with Crippen molar-refractivity contribution in [2.24, 2.45) is 7.05 Å². The highest BCUT2D eigenvalue weighted by Crippen LogP contribution is 2.26. The molecule has 1 N–H and O–H groups in total. The number of hydrogen-bond donors (Lipinski definition) is 1. The average Bonchev–Trinajstić information content (AvgIpc) is 3.20. The molecule has 2 saturated heterocycles. The highest BCUT2D eigenvalue weighted by atomic mass is 16.5. The Morgan fingerprint density at radius 2 is 2.00 bits per heavy atom. The lowest BCUT2D eigenvalue weighted by Gasteiger charge is -2.36. The molecule has 1 atom stereocenters. The summed E-state index contributed by atoms with van der Waals surface area (Å²) in [5, 5.41) is 11.4. The minimum Gasteiger partial charge on any atom is -0.379 e. The maximum absolute atomic E-state index is 12.9. The molecule has 162 valence electrons. The van der Waals surface area contributed by atoms with Gasteiger partial charge < -0.3 is 19.5 Å². The first-order valence-electron chi connectivity index (χ1n) is 10.9. The second-order valence-electron chi connectivity index (χ2n) is 8.33. The minimum atomic E-state index is 0.0253. The van der Waals surface area contributed by atoms with Crippen LogP contribution in [-0.4, -0.2) is 76.5 Å².